The van der Waals surface area contributed by atoms with Gasteiger partial charge in [-0.05, 0) is 39.3 Å². The number of aryl methyl sites for hydroxylation is 1. The number of anilines is 1. The third-order valence-corrected chi connectivity index (χ3v) is 4.69. The zero-order valence-electron chi connectivity index (χ0n) is 13.4. The molecule has 1 aromatic heterocycles. The maximum Gasteiger partial charge on any atom is 0.128 e. The van der Waals surface area contributed by atoms with Gasteiger partial charge < -0.3 is 10.2 Å². The summed E-state index contributed by atoms with van der Waals surface area (Å²) in [5.41, 5.74) is 2.58. The summed E-state index contributed by atoms with van der Waals surface area (Å²) in [5.74, 6) is 2.34. The van der Waals surface area contributed by atoms with E-state index in [0.29, 0.717) is 5.25 Å². The predicted octanol–water partition coefficient (Wildman–Crippen LogP) is 3.22. The number of pyridine rings is 1. The summed E-state index contributed by atoms with van der Waals surface area (Å²) in [4.78, 5) is 7.22. The lowest BCUT2D eigenvalue weighted by molar-refractivity contribution is 0.423. The number of thioether (sulfide) groups is 1. The van der Waals surface area contributed by atoms with E-state index in [-0.39, 0.29) is 5.54 Å². The van der Waals surface area contributed by atoms with Crippen molar-refractivity contribution in [1.82, 2.24) is 10.3 Å². The van der Waals surface area contributed by atoms with Gasteiger partial charge in [0.25, 0.3) is 0 Å². The maximum atomic E-state index is 4.81. The van der Waals surface area contributed by atoms with Crippen molar-refractivity contribution >= 4 is 17.6 Å². The Balaban J connectivity index is 2.05. The molecule has 0 bridgehead atoms. The summed E-state index contributed by atoms with van der Waals surface area (Å²) in [6.45, 7) is 14.1. The summed E-state index contributed by atoms with van der Waals surface area (Å²) < 4.78 is 0. The van der Waals surface area contributed by atoms with Crippen molar-refractivity contribution in [3.05, 3.63) is 23.4 Å². The lowest BCUT2D eigenvalue weighted by Gasteiger charge is -2.32. The van der Waals surface area contributed by atoms with Gasteiger partial charge in [0.15, 0.2) is 0 Å². The van der Waals surface area contributed by atoms with E-state index in [0.717, 1.165) is 31.1 Å². The molecule has 4 heteroatoms. The van der Waals surface area contributed by atoms with Crippen LogP contribution in [0.4, 0.5) is 5.82 Å². The van der Waals surface area contributed by atoms with Crippen LogP contribution in [0.5, 0.6) is 0 Å². The zero-order valence-corrected chi connectivity index (χ0v) is 14.2. The van der Waals surface area contributed by atoms with Crippen molar-refractivity contribution in [1.29, 1.82) is 0 Å². The molecular weight excluding hydrogens is 266 g/mol. The van der Waals surface area contributed by atoms with E-state index in [9.17, 15) is 0 Å². The van der Waals surface area contributed by atoms with E-state index in [4.69, 9.17) is 4.98 Å². The third-order valence-electron chi connectivity index (χ3n) is 3.55. The number of hydrogen-bond donors (Lipinski definition) is 1. The Bertz CT molecular complexity index is 454. The van der Waals surface area contributed by atoms with Crippen LogP contribution < -0.4 is 10.2 Å². The fourth-order valence-corrected chi connectivity index (χ4v) is 3.34. The summed E-state index contributed by atoms with van der Waals surface area (Å²) in [6.07, 6.45) is 0. The molecule has 0 radical (unpaired) electrons. The summed E-state index contributed by atoms with van der Waals surface area (Å²) in [6, 6.07) is 4.40. The van der Waals surface area contributed by atoms with Gasteiger partial charge in [-0.2, -0.15) is 11.8 Å². The molecule has 3 nitrogen and oxygen atoms in total. The average Bonchev–Trinajstić information content (AvgIpc) is 2.36. The van der Waals surface area contributed by atoms with Crippen LogP contribution >= 0.6 is 11.8 Å². The molecular formula is C16H27N3S. The molecule has 0 amide bonds. The fraction of sp³-hybridized carbons (Fsp3) is 0.688. The largest absolute Gasteiger partial charge is 0.355 e. The molecule has 1 aliphatic rings. The minimum absolute atomic E-state index is 0.143. The second-order valence-electron chi connectivity index (χ2n) is 6.64. The van der Waals surface area contributed by atoms with Gasteiger partial charge in [-0.3, -0.25) is 0 Å². The molecule has 0 aromatic carbocycles. The second kappa shape index (κ2) is 6.35. The lowest BCUT2D eigenvalue weighted by Crippen LogP contribution is -2.37. The Morgan fingerprint density at radius 1 is 1.40 bits per heavy atom. The van der Waals surface area contributed by atoms with Crippen molar-refractivity contribution in [3.63, 3.8) is 0 Å². The van der Waals surface area contributed by atoms with Crippen LogP contribution in [-0.4, -0.2) is 34.6 Å². The first kappa shape index (κ1) is 15.6. The Morgan fingerprint density at radius 3 is 2.75 bits per heavy atom. The molecule has 0 spiro atoms. The Hall–Kier alpha value is -0.740. The molecule has 1 unspecified atom stereocenters. The number of nitrogens with one attached hydrogen (secondary N) is 1. The molecule has 0 saturated carbocycles. The predicted molar refractivity (Wildman–Crippen MR) is 89.7 cm³/mol. The van der Waals surface area contributed by atoms with Gasteiger partial charge in [0.2, 0.25) is 0 Å². The monoisotopic (exact) mass is 293 g/mol. The highest BCUT2D eigenvalue weighted by Gasteiger charge is 2.18. The first-order chi connectivity index (χ1) is 9.35. The number of nitrogens with zero attached hydrogens (tertiary/aromatic N) is 2. The summed E-state index contributed by atoms with van der Waals surface area (Å²) in [5, 5.41) is 4.23. The first-order valence-electron chi connectivity index (χ1n) is 7.43. The molecule has 1 N–H and O–H groups in total. The van der Waals surface area contributed by atoms with Crippen LogP contribution in [0.2, 0.25) is 0 Å². The smallest absolute Gasteiger partial charge is 0.128 e. The molecule has 1 aromatic rings. The van der Waals surface area contributed by atoms with E-state index in [1.165, 1.54) is 11.3 Å². The highest BCUT2D eigenvalue weighted by atomic mass is 32.2. The maximum absolute atomic E-state index is 4.81. The molecule has 20 heavy (non-hydrogen) atoms. The molecule has 0 aliphatic carbocycles. The SMILES string of the molecule is Cc1nc(N2CCSC(C)C2)ccc1CNC(C)(C)C. The lowest BCUT2D eigenvalue weighted by atomic mass is 10.1. The highest BCUT2D eigenvalue weighted by Crippen LogP contribution is 2.23. The Kier molecular flexibility index (Phi) is 4.97. The number of hydrogen-bond acceptors (Lipinski definition) is 4. The van der Waals surface area contributed by atoms with Gasteiger partial charge in [-0.1, -0.05) is 13.0 Å². The zero-order chi connectivity index (χ0) is 14.8. The molecule has 112 valence electrons. The summed E-state index contributed by atoms with van der Waals surface area (Å²) in [7, 11) is 0. The van der Waals surface area contributed by atoms with E-state index >= 15 is 0 Å². The first-order valence-corrected chi connectivity index (χ1v) is 8.48. The normalized spacial score (nSPS) is 20.2. The van der Waals surface area contributed by atoms with Crippen molar-refractivity contribution in [3.8, 4) is 0 Å². The van der Waals surface area contributed by atoms with Gasteiger partial charge in [0.1, 0.15) is 5.82 Å². The topological polar surface area (TPSA) is 28.2 Å². The number of rotatable bonds is 3. The van der Waals surface area contributed by atoms with Gasteiger partial charge in [0, 0.05) is 41.9 Å². The quantitative estimate of drug-likeness (QED) is 0.926. The molecule has 2 heterocycles. The van der Waals surface area contributed by atoms with E-state index < -0.39 is 0 Å². The van der Waals surface area contributed by atoms with Crippen molar-refractivity contribution < 1.29 is 0 Å². The van der Waals surface area contributed by atoms with Crippen LogP contribution in [0.25, 0.3) is 0 Å². The molecule has 1 aliphatic heterocycles. The van der Waals surface area contributed by atoms with Crippen LogP contribution in [0, 0.1) is 6.92 Å². The third kappa shape index (κ3) is 4.38. The van der Waals surface area contributed by atoms with Gasteiger partial charge in [0.05, 0.1) is 0 Å². The van der Waals surface area contributed by atoms with E-state index in [1.54, 1.807) is 0 Å². The average molecular weight is 293 g/mol. The van der Waals surface area contributed by atoms with E-state index in [2.05, 4.69) is 68.7 Å². The van der Waals surface area contributed by atoms with Crippen molar-refractivity contribution in [2.45, 2.75) is 52.0 Å². The minimum Gasteiger partial charge on any atom is -0.355 e. The molecule has 2 rings (SSSR count). The molecule has 1 saturated heterocycles. The van der Waals surface area contributed by atoms with Crippen molar-refractivity contribution in [2.24, 2.45) is 0 Å². The second-order valence-corrected chi connectivity index (χ2v) is 8.19. The van der Waals surface area contributed by atoms with Gasteiger partial charge >= 0.3 is 0 Å². The fourth-order valence-electron chi connectivity index (χ4n) is 2.33. The molecule has 1 atom stereocenters. The van der Waals surface area contributed by atoms with Gasteiger partial charge in [-0.25, -0.2) is 4.98 Å². The van der Waals surface area contributed by atoms with Crippen LogP contribution in [-0.2, 0) is 6.54 Å². The standard InChI is InChI=1S/C16H27N3S/c1-12-11-19(8-9-20-12)15-7-6-14(13(2)18-15)10-17-16(3,4)5/h6-7,12,17H,8-11H2,1-5H3. The minimum atomic E-state index is 0.143. The van der Waals surface area contributed by atoms with Crippen LogP contribution in [0.1, 0.15) is 39.0 Å². The molecule has 1 fully saturated rings. The van der Waals surface area contributed by atoms with Crippen LogP contribution in [0.3, 0.4) is 0 Å². The van der Waals surface area contributed by atoms with Gasteiger partial charge in [-0.15, -0.1) is 0 Å². The van der Waals surface area contributed by atoms with E-state index in [1.807, 2.05) is 0 Å². The Labute approximate surface area is 127 Å². The highest BCUT2D eigenvalue weighted by molar-refractivity contribution is 8.00. The van der Waals surface area contributed by atoms with Crippen molar-refractivity contribution in [2.75, 3.05) is 23.7 Å². The van der Waals surface area contributed by atoms with Crippen LogP contribution in [0.15, 0.2) is 12.1 Å². The number of aromatic nitrogens is 1. The Morgan fingerprint density at radius 2 is 2.15 bits per heavy atom. The summed E-state index contributed by atoms with van der Waals surface area (Å²) >= 11 is 2.06.